The van der Waals surface area contributed by atoms with Crippen LogP contribution in [0.5, 0.6) is 0 Å². The smallest absolute Gasteiger partial charge is 0.341 e. The van der Waals surface area contributed by atoms with Crippen LogP contribution >= 0.6 is 34.5 Å². The Hall–Kier alpha value is -1.89. The van der Waals surface area contributed by atoms with E-state index in [-0.39, 0.29) is 15.8 Å². The van der Waals surface area contributed by atoms with Gasteiger partial charge in [-0.25, -0.2) is 4.79 Å². The van der Waals surface area contributed by atoms with Crippen LogP contribution in [-0.2, 0) is 4.74 Å². The van der Waals surface area contributed by atoms with Crippen LogP contribution in [0.3, 0.4) is 0 Å². The molecule has 0 saturated heterocycles. The molecule has 3 aromatic rings. The van der Waals surface area contributed by atoms with Crippen LogP contribution in [0.4, 0.5) is 0 Å². The molecule has 0 aliphatic rings. The summed E-state index contributed by atoms with van der Waals surface area (Å²) in [5, 5.41) is 7.92. The van der Waals surface area contributed by atoms with Gasteiger partial charge >= 0.3 is 5.97 Å². The number of hydrogen-bond donors (Lipinski definition) is 0. The van der Waals surface area contributed by atoms with Gasteiger partial charge in [-0.1, -0.05) is 40.9 Å². The maximum absolute atomic E-state index is 12.1. The molecule has 0 amide bonds. The fourth-order valence-electron chi connectivity index (χ4n) is 1.97. The Balaban J connectivity index is 1.74. The number of hydrogen-bond acceptors (Lipinski definition) is 6. The molecule has 0 spiro atoms. The number of halogens is 2. The summed E-state index contributed by atoms with van der Waals surface area (Å²) in [5.41, 5.74) is 2.15. The van der Waals surface area contributed by atoms with Gasteiger partial charge in [0.2, 0.25) is 5.89 Å². The number of carbonyl (C=O) groups excluding carboxylic acids is 1. The van der Waals surface area contributed by atoms with Gasteiger partial charge in [0, 0.05) is 5.56 Å². The Bertz CT molecular complexity index is 874. The number of rotatable bonds is 4. The van der Waals surface area contributed by atoms with Gasteiger partial charge in [-0.15, -0.1) is 21.5 Å². The maximum atomic E-state index is 12.1. The lowest BCUT2D eigenvalue weighted by Crippen LogP contribution is -2.09. The summed E-state index contributed by atoms with van der Waals surface area (Å²) in [6.07, 6.45) is -0.709. The van der Waals surface area contributed by atoms with Crippen molar-refractivity contribution in [3.8, 4) is 11.5 Å². The first-order valence-corrected chi connectivity index (χ1v) is 8.57. The number of aryl methyl sites for hydroxylation is 1. The summed E-state index contributed by atoms with van der Waals surface area (Å²) in [6, 6.07) is 9.14. The van der Waals surface area contributed by atoms with Crippen molar-refractivity contribution in [3.63, 3.8) is 0 Å². The normalized spacial score (nSPS) is 12.2. The summed E-state index contributed by atoms with van der Waals surface area (Å²) >= 11 is 12.9. The van der Waals surface area contributed by atoms with Crippen molar-refractivity contribution in [1.82, 2.24) is 10.2 Å². The minimum Gasteiger partial charge on any atom is -0.449 e. The minimum absolute atomic E-state index is 0.205. The maximum Gasteiger partial charge on any atom is 0.341 e. The summed E-state index contributed by atoms with van der Waals surface area (Å²) in [4.78, 5) is 12.1. The van der Waals surface area contributed by atoms with Crippen molar-refractivity contribution < 1.29 is 13.9 Å². The predicted molar refractivity (Wildman–Crippen MR) is 92.6 cm³/mol. The third kappa shape index (κ3) is 3.61. The number of thiophene rings is 1. The zero-order valence-electron chi connectivity index (χ0n) is 12.7. The summed E-state index contributed by atoms with van der Waals surface area (Å²) in [5.74, 6) is -0.0216. The van der Waals surface area contributed by atoms with Crippen molar-refractivity contribution in [3.05, 3.63) is 56.0 Å². The predicted octanol–water partition coefficient (Wildman–Crippen LogP) is 5.33. The van der Waals surface area contributed by atoms with Gasteiger partial charge in [-0.3, -0.25) is 0 Å². The molecular formula is C16H12Cl2N2O3S. The quantitative estimate of drug-likeness (QED) is 0.570. The molecule has 1 unspecified atom stereocenters. The summed E-state index contributed by atoms with van der Waals surface area (Å²) < 4.78 is 11.6. The number of benzene rings is 1. The van der Waals surface area contributed by atoms with E-state index in [0.717, 1.165) is 22.5 Å². The molecule has 0 N–H and O–H groups in total. The van der Waals surface area contributed by atoms with Crippen LogP contribution in [0.15, 0.2) is 34.7 Å². The largest absolute Gasteiger partial charge is 0.449 e. The molecule has 0 aliphatic heterocycles. The van der Waals surface area contributed by atoms with Gasteiger partial charge in [0.15, 0.2) is 6.10 Å². The van der Waals surface area contributed by atoms with Gasteiger partial charge < -0.3 is 9.15 Å². The zero-order valence-corrected chi connectivity index (χ0v) is 15.1. The van der Waals surface area contributed by atoms with Gasteiger partial charge in [0.25, 0.3) is 5.89 Å². The first-order valence-electron chi connectivity index (χ1n) is 7.00. The van der Waals surface area contributed by atoms with Crippen molar-refractivity contribution in [2.24, 2.45) is 0 Å². The van der Waals surface area contributed by atoms with Crippen LogP contribution < -0.4 is 0 Å². The van der Waals surface area contributed by atoms with Crippen LogP contribution in [0.25, 0.3) is 11.5 Å². The van der Waals surface area contributed by atoms with Gasteiger partial charge in [0.1, 0.15) is 4.34 Å². The lowest BCUT2D eigenvalue weighted by molar-refractivity contribution is 0.0280. The molecule has 124 valence electrons. The topological polar surface area (TPSA) is 65.2 Å². The Labute approximate surface area is 152 Å². The molecule has 1 aromatic carbocycles. The zero-order chi connectivity index (χ0) is 17.3. The fraction of sp³-hybridized carbons (Fsp3) is 0.188. The summed E-state index contributed by atoms with van der Waals surface area (Å²) in [7, 11) is 0. The number of aromatic nitrogens is 2. The second-order valence-electron chi connectivity index (χ2n) is 5.10. The summed E-state index contributed by atoms with van der Waals surface area (Å²) in [6.45, 7) is 3.64. The Morgan fingerprint density at radius 2 is 1.96 bits per heavy atom. The molecular weight excluding hydrogens is 371 g/mol. The standard InChI is InChI=1S/C16H12Cl2N2O3S/c1-8-3-5-10(6-4-8)15-20-19-14(23-15)9(2)22-16(21)11-7-12(17)24-13(11)18/h3-7,9H,1-2H3. The van der Waals surface area contributed by atoms with E-state index >= 15 is 0 Å². The third-order valence-electron chi connectivity index (χ3n) is 3.25. The highest BCUT2D eigenvalue weighted by Gasteiger charge is 2.22. The number of nitrogens with zero attached hydrogens (tertiary/aromatic N) is 2. The first kappa shape index (κ1) is 17.0. The van der Waals surface area contributed by atoms with E-state index in [1.165, 1.54) is 6.07 Å². The van der Waals surface area contributed by atoms with Gasteiger partial charge in [-0.2, -0.15) is 0 Å². The van der Waals surface area contributed by atoms with Crippen LogP contribution in [0.2, 0.25) is 8.67 Å². The Morgan fingerprint density at radius 3 is 2.58 bits per heavy atom. The molecule has 0 fully saturated rings. The highest BCUT2D eigenvalue weighted by Crippen LogP contribution is 2.32. The molecule has 0 saturated carbocycles. The highest BCUT2D eigenvalue weighted by molar-refractivity contribution is 7.20. The Kier molecular flexibility index (Phi) is 4.89. The average molecular weight is 383 g/mol. The first-order chi connectivity index (χ1) is 11.4. The van der Waals surface area contributed by atoms with E-state index in [0.29, 0.717) is 10.2 Å². The van der Waals surface area contributed by atoms with E-state index in [9.17, 15) is 4.79 Å². The van der Waals surface area contributed by atoms with E-state index in [4.69, 9.17) is 32.4 Å². The van der Waals surface area contributed by atoms with Gasteiger partial charge in [-0.05, 0) is 32.0 Å². The molecule has 2 heterocycles. The molecule has 2 aromatic heterocycles. The molecule has 0 bridgehead atoms. The molecule has 24 heavy (non-hydrogen) atoms. The van der Waals surface area contributed by atoms with Crippen molar-refractivity contribution >= 4 is 40.5 Å². The molecule has 1 atom stereocenters. The molecule has 0 radical (unpaired) electrons. The van der Waals surface area contributed by atoms with E-state index in [2.05, 4.69) is 10.2 Å². The number of esters is 1. The second kappa shape index (κ2) is 6.93. The van der Waals surface area contributed by atoms with Crippen LogP contribution in [-0.4, -0.2) is 16.2 Å². The van der Waals surface area contributed by atoms with Crippen LogP contribution in [0.1, 0.15) is 34.8 Å². The minimum atomic E-state index is -0.709. The van der Waals surface area contributed by atoms with Gasteiger partial charge in [0.05, 0.1) is 9.90 Å². The Morgan fingerprint density at radius 1 is 1.25 bits per heavy atom. The van der Waals surface area contributed by atoms with Crippen molar-refractivity contribution in [2.75, 3.05) is 0 Å². The molecule has 0 aliphatic carbocycles. The molecule has 3 rings (SSSR count). The van der Waals surface area contributed by atoms with E-state index in [1.807, 2.05) is 31.2 Å². The average Bonchev–Trinajstić information content (AvgIpc) is 3.14. The lowest BCUT2D eigenvalue weighted by Gasteiger charge is -2.08. The molecule has 8 heteroatoms. The number of ether oxygens (including phenoxy) is 1. The fourth-order valence-corrected chi connectivity index (χ4v) is 3.41. The third-order valence-corrected chi connectivity index (χ3v) is 4.73. The second-order valence-corrected chi connectivity index (χ2v) is 7.38. The lowest BCUT2D eigenvalue weighted by atomic mass is 10.1. The van der Waals surface area contributed by atoms with Crippen molar-refractivity contribution in [1.29, 1.82) is 0 Å². The SMILES string of the molecule is Cc1ccc(-c2nnc(C(C)OC(=O)c3cc(Cl)sc3Cl)o2)cc1. The van der Waals surface area contributed by atoms with E-state index < -0.39 is 12.1 Å². The van der Waals surface area contributed by atoms with Crippen LogP contribution in [0, 0.1) is 6.92 Å². The molecule has 5 nitrogen and oxygen atoms in total. The monoisotopic (exact) mass is 382 g/mol. The van der Waals surface area contributed by atoms with E-state index in [1.54, 1.807) is 6.92 Å². The number of carbonyl (C=O) groups is 1. The van der Waals surface area contributed by atoms with Crippen molar-refractivity contribution in [2.45, 2.75) is 20.0 Å². The highest BCUT2D eigenvalue weighted by atomic mass is 35.5.